The zero-order valence-electron chi connectivity index (χ0n) is 13.2. The first kappa shape index (κ1) is 15.9. The van der Waals surface area contributed by atoms with Crippen molar-refractivity contribution >= 4 is 51.1 Å². The molecular formula is C16H15N5O2S. The molecule has 1 aliphatic heterocycles. The van der Waals surface area contributed by atoms with Gasteiger partial charge in [0.1, 0.15) is 9.71 Å². The van der Waals surface area contributed by atoms with Crippen LogP contribution in [0.5, 0.6) is 0 Å². The number of aromatic nitrogens is 1. The highest BCUT2D eigenvalue weighted by Gasteiger charge is 2.32. The lowest BCUT2D eigenvalue weighted by Crippen LogP contribution is -2.37. The summed E-state index contributed by atoms with van der Waals surface area (Å²) in [5, 5.41) is 6.10. The Hall–Kier alpha value is -3.00. The smallest absolute Gasteiger partial charge is 0.331 e. The molecule has 0 spiro atoms. The third-order valence-electron chi connectivity index (χ3n) is 3.50. The van der Waals surface area contributed by atoms with Gasteiger partial charge in [-0.3, -0.25) is 14.7 Å². The molecule has 2 N–H and O–H groups in total. The first-order valence-electron chi connectivity index (χ1n) is 7.17. The molecule has 1 aliphatic rings. The summed E-state index contributed by atoms with van der Waals surface area (Å²) in [5.74, 6) is -0.261. The van der Waals surface area contributed by atoms with Crippen LogP contribution in [0.3, 0.4) is 0 Å². The predicted molar refractivity (Wildman–Crippen MR) is 97.0 cm³/mol. The molecule has 122 valence electrons. The van der Waals surface area contributed by atoms with E-state index < -0.39 is 0 Å². The minimum absolute atomic E-state index is 0.261. The highest BCUT2D eigenvalue weighted by atomic mass is 32.1. The number of amides is 3. The Morgan fingerprint density at radius 3 is 3.00 bits per heavy atom. The van der Waals surface area contributed by atoms with Gasteiger partial charge in [-0.2, -0.15) is 0 Å². The van der Waals surface area contributed by atoms with Crippen LogP contribution in [0.15, 0.2) is 41.8 Å². The lowest BCUT2D eigenvalue weighted by Gasteiger charge is -2.28. The van der Waals surface area contributed by atoms with Gasteiger partial charge in [-0.15, -0.1) is 11.3 Å². The summed E-state index contributed by atoms with van der Waals surface area (Å²) in [4.78, 5) is 35.7. The summed E-state index contributed by atoms with van der Waals surface area (Å²) in [6, 6.07) is 1.36. The topological polar surface area (TPSA) is 86.7 Å². The fourth-order valence-electron chi connectivity index (χ4n) is 2.47. The van der Waals surface area contributed by atoms with Crippen LogP contribution in [0, 0.1) is 0 Å². The van der Waals surface area contributed by atoms with E-state index in [0.717, 1.165) is 5.39 Å². The second-order valence-corrected chi connectivity index (χ2v) is 5.83. The second-order valence-electron chi connectivity index (χ2n) is 4.83. The number of hydrogen-bond acceptors (Lipinski definition) is 5. The van der Waals surface area contributed by atoms with E-state index in [0.29, 0.717) is 26.8 Å². The molecule has 24 heavy (non-hydrogen) atoms. The van der Waals surface area contributed by atoms with Crippen molar-refractivity contribution in [3.05, 3.63) is 41.7 Å². The summed E-state index contributed by atoms with van der Waals surface area (Å²) in [7, 11) is 1.55. The number of rotatable bonds is 4. The zero-order chi connectivity index (χ0) is 17.3. The Morgan fingerprint density at radius 2 is 2.33 bits per heavy atom. The quantitative estimate of drug-likeness (QED) is 0.662. The molecule has 0 bridgehead atoms. The van der Waals surface area contributed by atoms with Crippen molar-refractivity contribution in [1.29, 1.82) is 0 Å². The van der Waals surface area contributed by atoms with Crippen molar-refractivity contribution in [2.45, 2.75) is 6.92 Å². The molecule has 0 radical (unpaired) electrons. The van der Waals surface area contributed by atoms with Gasteiger partial charge in [0.2, 0.25) is 0 Å². The van der Waals surface area contributed by atoms with Crippen LogP contribution in [-0.2, 0) is 0 Å². The number of aliphatic imine (C=N–C) groups is 1. The minimum Gasteiger partial charge on any atom is -0.354 e. The van der Waals surface area contributed by atoms with E-state index in [-0.39, 0.29) is 11.9 Å². The molecular weight excluding hydrogens is 326 g/mol. The number of nitrogens with one attached hydrogen (secondary N) is 2. The Kier molecular flexibility index (Phi) is 4.13. The molecule has 3 amide bonds. The molecule has 8 heteroatoms. The SMILES string of the molecule is C=C/C(=C\N=CC)N1C(=O)Nc2c(C(=O)NC)sc3nccc1c23. The summed E-state index contributed by atoms with van der Waals surface area (Å²) < 4.78 is 0. The minimum atomic E-state index is -0.379. The van der Waals surface area contributed by atoms with Crippen LogP contribution >= 0.6 is 11.3 Å². The highest BCUT2D eigenvalue weighted by molar-refractivity contribution is 7.21. The monoisotopic (exact) mass is 341 g/mol. The molecule has 3 heterocycles. The predicted octanol–water partition coefficient (Wildman–Crippen LogP) is 3.13. The van der Waals surface area contributed by atoms with E-state index in [9.17, 15) is 9.59 Å². The van der Waals surface area contributed by atoms with Gasteiger partial charge in [-0.25, -0.2) is 9.78 Å². The zero-order valence-corrected chi connectivity index (χ0v) is 14.0. The van der Waals surface area contributed by atoms with Crippen molar-refractivity contribution in [3.63, 3.8) is 0 Å². The lowest BCUT2D eigenvalue weighted by atomic mass is 10.1. The summed E-state index contributed by atoms with van der Waals surface area (Å²) >= 11 is 1.24. The van der Waals surface area contributed by atoms with Gasteiger partial charge in [0.05, 0.1) is 28.7 Å². The molecule has 2 aromatic rings. The second kappa shape index (κ2) is 6.25. The molecule has 0 unspecified atom stereocenters. The van der Waals surface area contributed by atoms with E-state index in [1.807, 2.05) is 0 Å². The number of carbonyl (C=O) groups is 2. The van der Waals surface area contributed by atoms with Crippen LogP contribution in [0.1, 0.15) is 16.6 Å². The van der Waals surface area contributed by atoms with Crippen LogP contribution in [0.2, 0.25) is 0 Å². The average molecular weight is 341 g/mol. The normalized spacial score (nSPS) is 14.2. The first-order chi connectivity index (χ1) is 11.6. The standard InChI is InChI=1S/C16H15N5O2S/c1-4-9(8-18-5-2)21-10-6-7-19-15-11(10)12(20-16(21)23)13(24-15)14(22)17-3/h4-8H,1H2,2-3H3,(H,17,22)(H,20,23)/b9-8+,18-5?. The fourth-order valence-corrected chi connectivity index (χ4v) is 3.53. The number of anilines is 2. The van der Waals surface area contributed by atoms with E-state index in [1.54, 1.807) is 44.7 Å². The largest absolute Gasteiger partial charge is 0.354 e. The van der Waals surface area contributed by atoms with E-state index in [2.05, 4.69) is 27.2 Å². The van der Waals surface area contributed by atoms with Gasteiger partial charge in [0.25, 0.3) is 5.91 Å². The van der Waals surface area contributed by atoms with E-state index in [1.165, 1.54) is 16.2 Å². The third-order valence-corrected chi connectivity index (χ3v) is 4.60. The first-order valence-corrected chi connectivity index (χ1v) is 7.99. The average Bonchev–Trinajstić information content (AvgIpc) is 2.96. The Morgan fingerprint density at radius 1 is 1.54 bits per heavy atom. The van der Waals surface area contributed by atoms with E-state index >= 15 is 0 Å². The van der Waals surface area contributed by atoms with E-state index in [4.69, 9.17) is 0 Å². The molecule has 0 saturated heterocycles. The number of pyridine rings is 1. The Labute approximate surface area is 142 Å². The molecule has 7 nitrogen and oxygen atoms in total. The van der Waals surface area contributed by atoms with Crippen LogP contribution < -0.4 is 15.5 Å². The van der Waals surface area contributed by atoms with Gasteiger partial charge in [-0.1, -0.05) is 6.58 Å². The summed E-state index contributed by atoms with van der Waals surface area (Å²) in [5.41, 5.74) is 1.65. The lowest BCUT2D eigenvalue weighted by molar-refractivity contribution is 0.0968. The number of nitrogens with zero attached hydrogens (tertiary/aromatic N) is 3. The maximum Gasteiger partial charge on any atom is 0.331 e. The number of hydrogen-bond donors (Lipinski definition) is 2. The molecule has 0 atom stereocenters. The number of thiophene rings is 1. The van der Waals surface area contributed by atoms with Crippen molar-refractivity contribution in [1.82, 2.24) is 10.3 Å². The Balaban J connectivity index is 2.26. The number of allylic oxidation sites excluding steroid dienone is 1. The van der Waals surface area contributed by atoms with Gasteiger partial charge in [0.15, 0.2) is 0 Å². The maximum absolute atomic E-state index is 12.6. The van der Waals surface area contributed by atoms with Gasteiger partial charge >= 0.3 is 6.03 Å². The molecule has 0 fully saturated rings. The van der Waals surface area contributed by atoms with Crippen LogP contribution in [-0.4, -0.2) is 30.2 Å². The fraction of sp³-hybridized carbons (Fsp3) is 0.125. The third kappa shape index (κ3) is 2.37. The molecule has 0 aromatic carbocycles. The van der Waals surface area contributed by atoms with Gasteiger partial charge in [0, 0.05) is 19.5 Å². The molecule has 2 aromatic heterocycles. The summed E-state index contributed by atoms with van der Waals surface area (Å²) in [6.07, 6.45) is 6.33. The van der Waals surface area contributed by atoms with Gasteiger partial charge < -0.3 is 10.6 Å². The van der Waals surface area contributed by atoms with Gasteiger partial charge in [-0.05, 0) is 19.1 Å². The molecule has 0 aliphatic carbocycles. The van der Waals surface area contributed by atoms with Crippen molar-refractivity contribution in [2.75, 3.05) is 17.3 Å². The Bertz CT molecular complexity index is 913. The van der Waals surface area contributed by atoms with Crippen LogP contribution in [0.25, 0.3) is 10.2 Å². The molecule has 0 saturated carbocycles. The number of carbonyl (C=O) groups excluding carboxylic acids is 2. The van der Waals surface area contributed by atoms with Crippen molar-refractivity contribution < 1.29 is 9.59 Å². The maximum atomic E-state index is 12.6. The van der Waals surface area contributed by atoms with Crippen molar-refractivity contribution in [3.8, 4) is 0 Å². The van der Waals surface area contributed by atoms with Crippen molar-refractivity contribution in [2.24, 2.45) is 4.99 Å². The van der Waals surface area contributed by atoms with Crippen LogP contribution in [0.4, 0.5) is 16.2 Å². The molecule has 3 rings (SSSR count). The number of urea groups is 1. The highest BCUT2D eigenvalue weighted by Crippen LogP contribution is 2.44. The summed E-state index contributed by atoms with van der Waals surface area (Å²) in [6.45, 7) is 5.53.